The summed E-state index contributed by atoms with van der Waals surface area (Å²) in [4.78, 5) is 14.2. The molecule has 19 heavy (non-hydrogen) atoms. The van der Waals surface area contributed by atoms with Crippen molar-refractivity contribution in [3.05, 3.63) is 0 Å². The second-order valence-electron chi connectivity index (χ2n) is 6.27. The average molecular weight is 272 g/mol. The molecule has 3 atom stereocenters. The van der Waals surface area contributed by atoms with Crippen molar-refractivity contribution in [2.75, 3.05) is 21.2 Å². The molecule has 0 aromatic rings. The van der Waals surface area contributed by atoms with Crippen LogP contribution in [0.15, 0.2) is 0 Å². The molecule has 0 fully saturated rings. The molecule has 0 saturated heterocycles. The first-order valence-electron chi connectivity index (χ1n) is 7.17. The van der Waals surface area contributed by atoms with Gasteiger partial charge in [0, 0.05) is 12.1 Å². The minimum Gasteiger partial charge on any atom is -0.468 e. The Morgan fingerprint density at radius 3 is 2.16 bits per heavy atom. The Labute approximate surface area is 118 Å². The largest absolute Gasteiger partial charge is 0.468 e. The number of rotatable bonds is 8. The molecule has 1 N–H and O–H groups in total. The number of nitrogens with one attached hydrogen (secondary N) is 1. The summed E-state index contributed by atoms with van der Waals surface area (Å²) in [6.45, 7) is 10.8. The standard InChI is InChI=1S/C15H32N2O2/c1-11(2)9-12(3)17(7)13(4)10-15(5,16-6)14(18)19-8/h11-13,16H,9-10H2,1-8H3. The van der Waals surface area contributed by atoms with E-state index >= 15 is 0 Å². The van der Waals surface area contributed by atoms with Crippen LogP contribution >= 0.6 is 0 Å². The van der Waals surface area contributed by atoms with Gasteiger partial charge in [-0.1, -0.05) is 13.8 Å². The normalized spacial score (nSPS) is 18.2. The summed E-state index contributed by atoms with van der Waals surface area (Å²) >= 11 is 0. The number of hydrogen-bond acceptors (Lipinski definition) is 4. The van der Waals surface area contributed by atoms with Crippen LogP contribution in [0, 0.1) is 5.92 Å². The van der Waals surface area contributed by atoms with E-state index in [2.05, 4.69) is 45.0 Å². The molecule has 3 unspecified atom stereocenters. The monoisotopic (exact) mass is 272 g/mol. The third-order valence-electron chi connectivity index (χ3n) is 4.09. The van der Waals surface area contributed by atoms with E-state index in [0.29, 0.717) is 18.0 Å². The molecule has 0 aromatic heterocycles. The lowest BCUT2D eigenvalue weighted by Gasteiger charge is -2.36. The molecule has 0 bridgehead atoms. The zero-order valence-electron chi connectivity index (χ0n) is 13.9. The van der Waals surface area contributed by atoms with Gasteiger partial charge in [0.1, 0.15) is 5.54 Å². The summed E-state index contributed by atoms with van der Waals surface area (Å²) in [5.41, 5.74) is -0.625. The lowest BCUT2D eigenvalue weighted by Crippen LogP contribution is -2.53. The van der Waals surface area contributed by atoms with Crippen LogP contribution in [0.1, 0.15) is 47.5 Å². The van der Waals surface area contributed by atoms with Gasteiger partial charge in [-0.3, -0.25) is 4.79 Å². The quantitative estimate of drug-likeness (QED) is 0.688. The fourth-order valence-corrected chi connectivity index (χ4v) is 2.53. The molecule has 0 aliphatic rings. The van der Waals surface area contributed by atoms with E-state index in [9.17, 15) is 4.79 Å². The van der Waals surface area contributed by atoms with E-state index in [1.807, 2.05) is 6.92 Å². The topological polar surface area (TPSA) is 41.6 Å². The zero-order chi connectivity index (χ0) is 15.2. The van der Waals surface area contributed by atoms with Gasteiger partial charge >= 0.3 is 5.97 Å². The Bertz CT molecular complexity index is 281. The number of carbonyl (C=O) groups is 1. The summed E-state index contributed by atoms with van der Waals surface area (Å²) in [5, 5.41) is 3.09. The first-order valence-corrected chi connectivity index (χ1v) is 7.17. The average Bonchev–Trinajstić information content (AvgIpc) is 2.35. The maximum Gasteiger partial charge on any atom is 0.325 e. The van der Waals surface area contributed by atoms with E-state index in [-0.39, 0.29) is 5.97 Å². The first-order chi connectivity index (χ1) is 8.67. The molecular weight excluding hydrogens is 240 g/mol. The van der Waals surface area contributed by atoms with Gasteiger partial charge in [-0.05, 0) is 53.6 Å². The van der Waals surface area contributed by atoms with Gasteiger partial charge in [0.2, 0.25) is 0 Å². The van der Waals surface area contributed by atoms with Crippen molar-refractivity contribution < 1.29 is 9.53 Å². The summed E-state index contributed by atoms with van der Waals surface area (Å²) in [6.07, 6.45) is 1.89. The van der Waals surface area contributed by atoms with Crippen molar-refractivity contribution in [3.8, 4) is 0 Å². The van der Waals surface area contributed by atoms with Crippen LogP contribution < -0.4 is 5.32 Å². The van der Waals surface area contributed by atoms with Crippen LogP contribution in [0.3, 0.4) is 0 Å². The van der Waals surface area contributed by atoms with E-state index in [1.165, 1.54) is 7.11 Å². The van der Waals surface area contributed by atoms with Gasteiger partial charge in [0.05, 0.1) is 7.11 Å². The molecule has 4 heteroatoms. The molecule has 0 aliphatic carbocycles. The molecule has 0 aromatic carbocycles. The maximum atomic E-state index is 11.9. The number of carbonyl (C=O) groups excluding carboxylic acids is 1. The van der Waals surface area contributed by atoms with E-state index in [0.717, 1.165) is 12.8 Å². The predicted molar refractivity (Wildman–Crippen MR) is 80.2 cm³/mol. The van der Waals surface area contributed by atoms with Crippen LogP contribution in [0.2, 0.25) is 0 Å². The Balaban J connectivity index is 4.64. The lowest BCUT2D eigenvalue weighted by molar-refractivity contribution is -0.148. The van der Waals surface area contributed by atoms with Gasteiger partial charge in [-0.15, -0.1) is 0 Å². The van der Waals surface area contributed by atoms with Crippen molar-refractivity contribution in [1.29, 1.82) is 0 Å². The van der Waals surface area contributed by atoms with E-state index < -0.39 is 5.54 Å². The molecule has 0 saturated carbocycles. The van der Waals surface area contributed by atoms with E-state index in [1.54, 1.807) is 7.05 Å². The second-order valence-corrected chi connectivity index (χ2v) is 6.27. The lowest BCUT2D eigenvalue weighted by atomic mass is 9.92. The minimum absolute atomic E-state index is 0.202. The third kappa shape index (κ3) is 5.49. The molecule has 114 valence electrons. The fourth-order valence-electron chi connectivity index (χ4n) is 2.53. The highest BCUT2D eigenvalue weighted by Crippen LogP contribution is 2.20. The van der Waals surface area contributed by atoms with Crippen LogP contribution in [0.5, 0.6) is 0 Å². The Hall–Kier alpha value is -0.610. The molecule has 0 spiro atoms. The number of likely N-dealkylation sites (N-methyl/N-ethyl adjacent to an activating group) is 1. The summed E-state index contributed by atoms with van der Waals surface area (Å²) in [6, 6.07) is 0.819. The molecular formula is C15H32N2O2. The zero-order valence-corrected chi connectivity index (χ0v) is 13.9. The molecule has 0 rings (SSSR count). The number of esters is 1. The Morgan fingerprint density at radius 2 is 1.79 bits per heavy atom. The van der Waals surface area contributed by atoms with Crippen LogP contribution in [-0.4, -0.2) is 49.7 Å². The van der Waals surface area contributed by atoms with Crippen molar-refractivity contribution in [2.45, 2.75) is 65.1 Å². The maximum absolute atomic E-state index is 11.9. The highest BCUT2D eigenvalue weighted by molar-refractivity contribution is 5.80. The minimum atomic E-state index is -0.625. The van der Waals surface area contributed by atoms with E-state index in [4.69, 9.17) is 4.74 Å². The predicted octanol–water partition coefficient (Wildman–Crippen LogP) is 2.28. The number of nitrogens with zero attached hydrogens (tertiary/aromatic N) is 1. The van der Waals surface area contributed by atoms with Gasteiger partial charge in [0.25, 0.3) is 0 Å². The van der Waals surface area contributed by atoms with Crippen LogP contribution in [0.4, 0.5) is 0 Å². The SMILES string of the molecule is CNC(C)(CC(C)N(C)C(C)CC(C)C)C(=O)OC. The molecule has 0 heterocycles. The fraction of sp³-hybridized carbons (Fsp3) is 0.933. The van der Waals surface area contributed by atoms with Crippen molar-refractivity contribution >= 4 is 5.97 Å². The summed E-state index contributed by atoms with van der Waals surface area (Å²) < 4.78 is 4.89. The highest BCUT2D eigenvalue weighted by Gasteiger charge is 2.35. The van der Waals surface area contributed by atoms with Crippen molar-refractivity contribution in [2.24, 2.45) is 5.92 Å². The number of ether oxygens (including phenoxy) is 1. The number of methoxy groups -OCH3 is 1. The number of hydrogen-bond donors (Lipinski definition) is 1. The summed E-state index contributed by atoms with van der Waals surface area (Å²) in [5.74, 6) is 0.479. The Kier molecular flexibility index (Phi) is 7.60. The summed E-state index contributed by atoms with van der Waals surface area (Å²) in [7, 11) is 5.37. The molecule has 0 radical (unpaired) electrons. The third-order valence-corrected chi connectivity index (χ3v) is 4.09. The van der Waals surface area contributed by atoms with Crippen LogP contribution in [-0.2, 0) is 9.53 Å². The highest BCUT2D eigenvalue weighted by atomic mass is 16.5. The van der Waals surface area contributed by atoms with Crippen LogP contribution in [0.25, 0.3) is 0 Å². The molecule has 0 aliphatic heterocycles. The Morgan fingerprint density at radius 1 is 1.26 bits per heavy atom. The molecule has 0 amide bonds. The second kappa shape index (κ2) is 7.85. The van der Waals surface area contributed by atoms with Gasteiger partial charge in [-0.2, -0.15) is 0 Å². The van der Waals surface area contributed by atoms with Crippen molar-refractivity contribution in [3.63, 3.8) is 0 Å². The first kappa shape index (κ1) is 18.4. The molecule has 4 nitrogen and oxygen atoms in total. The van der Waals surface area contributed by atoms with Gasteiger partial charge in [0.15, 0.2) is 0 Å². The van der Waals surface area contributed by atoms with Gasteiger partial charge in [-0.25, -0.2) is 0 Å². The van der Waals surface area contributed by atoms with Crippen molar-refractivity contribution in [1.82, 2.24) is 10.2 Å². The smallest absolute Gasteiger partial charge is 0.325 e. The van der Waals surface area contributed by atoms with Gasteiger partial charge < -0.3 is 15.0 Å².